The quantitative estimate of drug-likeness (QED) is 0.522. The Bertz CT molecular complexity index is 1130. The highest BCUT2D eigenvalue weighted by Crippen LogP contribution is 2.41. The number of nitrogens with zero attached hydrogens (tertiary/aromatic N) is 4. The largest absolute Gasteiger partial charge is 0.497 e. The van der Waals surface area contributed by atoms with E-state index >= 15 is 0 Å². The topological polar surface area (TPSA) is 73.4 Å². The highest BCUT2D eigenvalue weighted by molar-refractivity contribution is 6.10. The molecule has 0 radical (unpaired) electrons. The Hall–Kier alpha value is -3.46. The Morgan fingerprint density at radius 1 is 1.06 bits per heavy atom. The molecule has 1 atom stereocenters. The molecule has 0 aliphatic carbocycles. The molecule has 4 rings (SSSR count). The molecule has 0 saturated carbocycles. The number of hydrogen-bond donors (Lipinski definition) is 0. The number of halogens is 1. The van der Waals surface area contributed by atoms with Crippen molar-refractivity contribution in [2.24, 2.45) is 0 Å². The van der Waals surface area contributed by atoms with E-state index < -0.39 is 5.41 Å². The minimum absolute atomic E-state index is 0.0621. The number of ether oxygens (including phenoxy) is 1. The smallest absolute Gasteiger partial charge is 0.240 e. The fourth-order valence-corrected chi connectivity index (χ4v) is 4.99. The van der Waals surface area contributed by atoms with E-state index in [0.717, 1.165) is 0 Å². The highest BCUT2D eigenvalue weighted by Gasteiger charge is 2.54. The van der Waals surface area contributed by atoms with Crippen LogP contribution in [0, 0.1) is 5.82 Å². The molecule has 9 heteroatoms. The molecule has 2 aliphatic rings. The Morgan fingerprint density at radius 2 is 1.78 bits per heavy atom. The Balaban J connectivity index is 1.55. The van der Waals surface area contributed by atoms with Gasteiger partial charge in [0.2, 0.25) is 17.7 Å². The van der Waals surface area contributed by atoms with Gasteiger partial charge in [0.1, 0.15) is 11.6 Å². The lowest BCUT2D eigenvalue weighted by atomic mass is 9.75. The fourth-order valence-electron chi connectivity index (χ4n) is 4.99. The molecule has 3 amide bonds. The Kier molecular flexibility index (Phi) is 7.59. The van der Waals surface area contributed by atoms with Gasteiger partial charge in [-0.15, -0.1) is 0 Å². The molecule has 2 fully saturated rings. The second-order valence-electron chi connectivity index (χ2n) is 9.64. The summed E-state index contributed by atoms with van der Waals surface area (Å²) < 4.78 is 19.6. The van der Waals surface area contributed by atoms with E-state index in [9.17, 15) is 18.8 Å². The lowest BCUT2D eigenvalue weighted by Crippen LogP contribution is -2.51. The summed E-state index contributed by atoms with van der Waals surface area (Å²) >= 11 is 0. The second kappa shape index (κ2) is 10.7. The van der Waals surface area contributed by atoms with E-state index in [2.05, 4.69) is 0 Å². The molecule has 0 aromatic heterocycles. The van der Waals surface area contributed by atoms with Gasteiger partial charge < -0.3 is 19.4 Å². The summed E-state index contributed by atoms with van der Waals surface area (Å²) in [6, 6.07) is 13.7. The first-order valence-electron chi connectivity index (χ1n) is 12.2. The number of hydrogen-bond acceptors (Lipinski definition) is 6. The average Bonchev–Trinajstić information content (AvgIpc) is 3.12. The summed E-state index contributed by atoms with van der Waals surface area (Å²) in [4.78, 5) is 47.1. The molecule has 0 bridgehead atoms. The Morgan fingerprint density at radius 3 is 2.44 bits per heavy atom. The van der Waals surface area contributed by atoms with Gasteiger partial charge in [0.15, 0.2) is 0 Å². The zero-order valence-corrected chi connectivity index (χ0v) is 21.1. The predicted octanol–water partition coefficient (Wildman–Crippen LogP) is 2.13. The van der Waals surface area contributed by atoms with E-state index in [1.165, 1.54) is 18.1 Å². The number of benzene rings is 2. The van der Waals surface area contributed by atoms with Crippen LogP contribution in [0.3, 0.4) is 0 Å². The van der Waals surface area contributed by atoms with Crippen molar-refractivity contribution in [2.45, 2.75) is 18.3 Å². The van der Waals surface area contributed by atoms with Crippen LogP contribution in [0.15, 0.2) is 48.5 Å². The number of carbonyl (C=O) groups excluding carboxylic acids is 3. The van der Waals surface area contributed by atoms with Gasteiger partial charge >= 0.3 is 0 Å². The zero-order valence-electron chi connectivity index (χ0n) is 21.1. The number of anilines is 1. The third kappa shape index (κ3) is 5.06. The summed E-state index contributed by atoms with van der Waals surface area (Å²) in [6.45, 7) is 2.60. The molecule has 0 N–H and O–H groups in total. The number of likely N-dealkylation sites (N-methyl/N-ethyl adjacent to an activating group) is 1. The van der Waals surface area contributed by atoms with Crippen molar-refractivity contribution in [3.63, 3.8) is 0 Å². The normalized spacial score (nSPS) is 20.4. The third-order valence-electron chi connectivity index (χ3n) is 7.08. The molecule has 0 unspecified atom stereocenters. The van der Waals surface area contributed by atoms with Crippen LogP contribution < -0.4 is 9.64 Å². The van der Waals surface area contributed by atoms with Crippen molar-refractivity contribution in [2.75, 3.05) is 65.4 Å². The molecule has 2 aromatic rings. The van der Waals surface area contributed by atoms with Gasteiger partial charge in [-0.25, -0.2) is 4.39 Å². The molecular formula is C27H33FN4O4. The van der Waals surface area contributed by atoms with Gasteiger partial charge in [-0.2, -0.15) is 0 Å². The molecule has 2 aliphatic heterocycles. The van der Waals surface area contributed by atoms with Crippen LogP contribution in [0.2, 0.25) is 0 Å². The number of rotatable bonds is 8. The van der Waals surface area contributed by atoms with Gasteiger partial charge in [0.05, 0.1) is 18.2 Å². The SMILES string of the molecule is COc1cccc([C@@]2(CC(=O)N3CCN(c4ccccc4F)CC3)CC(=O)N(CCN(C)C)C2=O)c1. The Labute approximate surface area is 211 Å². The first-order chi connectivity index (χ1) is 17.2. The van der Waals surface area contributed by atoms with Crippen molar-refractivity contribution in [1.82, 2.24) is 14.7 Å². The van der Waals surface area contributed by atoms with Crippen LogP contribution in [0.1, 0.15) is 18.4 Å². The molecule has 2 aromatic carbocycles. The van der Waals surface area contributed by atoms with E-state index in [1.54, 1.807) is 47.4 Å². The monoisotopic (exact) mass is 496 g/mol. The number of imide groups is 1. The third-order valence-corrected chi connectivity index (χ3v) is 7.08. The van der Waals surface area contributed by atoms with Crippen LogP contribution in [-0.2, 0) is 19.8 Å². The maximum absolute atomic E-state index is 14.2. The van der Waals surface area contributed by atoms with Crippen LogP contribution in [-0.4, -0.2) is 92.9 Å². The zero-order chi connectivity index (χ0) is 25.9. The van der Waals surface area contributed by atoms with Crippen molar-refractivity contribution in [3.8, 4) is 5.75 Å². The number of methoxy groups -OCH3 is 1. The number of carbonyl (C=O) groups is 3. The molecule has 0 spiro atoms. The minimum atomic E-state index is -1.28. The lowest BCUT2D eigenvalue weighted by Gasteiger charge is -2.38. The van der Waals surface area contributed by atoms with E-state index in [-0.39, 0.29) is 42.9 Å². The van der Waals surface area contributed by atoms with Gasteiger partial charge in [0, 0.05) is 52.1 Å². The maximum Gasteiger partial charge on any atom is 0.240 e. The van der Waals surface area contributed by atoms with Gasteiger partial charge in [-0.3, -0.25) is 19.3 Å². The molecule has 8 nitrogen and oxygen atoms in total. The number of piperazine rings is 1. The summed E-state index contributed by atoms with van der Waals surface area (Å²) in [5.74, 6) is -0.545. The molecule has 2 heterocycles. The van der Waals surface area contributed by atoms with Crippen LogP contribution in [0.5, 0.6) is 5.75 Å². The summed E-state index contributed by atoms with van der Waals surface area (Å²) in [6.07, 6.45) is -0.170. The summed E-state index contributed by atoms with van der Waals surface area (Å²) in [7, 11) is 5.30. The molecule has 192 valence electrons. The first kappa shape index (κ1) is 25.6. The van der Waals surface area contributed by atoms with E-state index in [0.29, 0.717) is 49.7 Å². The minimum Gasteiger partial charge on any atom is -0.497 e. The van der Waals surface area contributed by atoms with E-state index in [1.807, 2.05) is 23.9 Å². The van der Waals surface area contributed by atoms with Crippen molar-refractivity contribution in [1.29, 1.82) is 0 Å². The molecule has 36 heavy (non-hydrogen) atoms. The fraction of sp³-hybridized carbons (Fsp3) is 0.444. The molecule has 2 saturated heterocycles. The van der Waals surface area contributed by atoms with Gasteiger partial charge in [0.25, 0.3) is 0 Å². The van der Waals surface area contributed by atoms with Gasteiger partial charge in [-0.05, 0) is 43.9 Å². The molecular weight excluding hydrogens is 463 g/mol. The predicted molar refractivity (Wildman–Crippen MR) is 134 cm³/mol. The van der Waals surface area contributed by atoms with Crippen LogP contribution in [0.25, 0.3) is 0 Å². The van der Waals surface area contributed by atoms with Crippen molar-refractivity contribution >= 4 is 23.4 Å². The standard InChI is InChI=1S/C27H33FN4O4/c1-29(2)11-16-32-25(34)19-27(26(32)35,20-7-6-8-21(17-20)36-3)18-24(33)31-14-12-30(13-15-31)23-10-5-4-9-22(23)28/h4-10,17H,11-16,18-19H2,1-3H3/t27-/m1/s1. The van der Waals surface area contributed by atoms with Gasteiger partial charge in [-0.1, -0.05) is 24.3 Å². The van der Waals surface area contributed by atoms with Crippen molar-refractivity contribution in [3.05, 3.63) is 59.9 Å². The number of likely N-dealkylation sites (tertiary alicyclic amines) is 1. The number of amides is 3. The van der Waals surface area contributed by atoms with Crippen LogP contribution in [0.4, 0.5) is 10.1 Å². The lowest BCUT2D eigenvalue weighted by molar-refractivity contribution is -0.142. The summed E-state index contributed by atoms with van der Waals surface area (Å²) in [5.41, 5.74) is -0.158. The van der Waals surface area contributed by atoms with E-state index in [4.69, 9.17) is 4.74 Å². The average molecular weight is 497 g/mol. The van der Waals surface area contributed by atoms with Crippen LogP contribution >= 0.6 is 0 Å². The second-order valence-corrected chi connectivity index (χ2v) is 9.64. The first-order valence-corrected chi connectivity index (χ1v) is 12.2. The highest BCUT2D eigenvalue weighted by atomic mass is 19.1. The number of para-hydroxylation sites is 1. The maximum atomic E-state index is 14.2. The summed E-state index contributed by atoms with van der Waals surface area (Å²) in [5, 5.41) is 0. The van der Waals surface area contributed by atoms with Crippen molar-refractivity contribution < 1.29 is 23.5 Å².